The van der Waals surface area contributed by atoms with Gasteiger partial charge >= 0.3 is 12.1 Å². The molecule has 0 radical (unpaired) electrons. The van der Waals surface area contributed by atoms with Crippen LogP contribution >= 0.6 is 0 Å². The maximum Gasteiger partial charge on any atom is 0.413 e. The molecule has 2 N–H and O–H groups in total. The molecular formula is C12H10F3NO2. The zero-order valence-electron chi connectivity index (χ0n) is 9.38. The molecule has 0 fully saturated rings. The van der Waals surface area contributed by atoms with Gasteiger partial charge in [-0.2, -0.15) is 13.2 Å². The molecule has 0 aromatic heterocycles. The summed E-state index contributed by atoms with van der Waals surface area (Å²) in [6, 6.07) is 2.65. The highest BCUT2D eigenvalue weighted by Crippen LogP contribution is 2.36. The molecule has 0 bridgehead atoms. The monoisotopic (exact) mass is 257 g/mol. The van der Waals surface area contributed by atoms with Crippen LogP contribution in [0.15, 0.2) is 23.8 Å². The Hall–Kier alpha value is -1.98. The van der Waals surface area contributed by atoms with E-state index in [9.17, 15) is 18.0 Å². The molecule has 0 amide bonds. The van der Waals surface area contributed by atoms with Crippen LogP contribution in [0.25, 0.3) is 6.08 Å². The number of carboxylic acids is 1. The highest BCUT2D eigenvalue weighted by Gasteiger charge is 2.46. The van der Waals surface area contributed by atoms with Crippen molar-refractivity contribution in [3.05, 3.63) is 34.9 Å². The Morgan fingerprint density at radius 3 is 2.61 bits per heavy atom. The van der Waals surface area contributed by atoms with Crippen LogP contribution in [0.2, 0.25) is 0 Å². The van der Waals surface area contributed by atoms with Gasteiger partial charge in [0.1, 0.15) is 0 Å². The van der Waals surface area contributed by atoms with Crippen LogP contribution in [-0.4, -0.2) is 23.3 Å². The molecule has 96 valence electrons. The summed E-state index contributed by atoms with van der Waals surface area (Å²) in [5, 5.41) is 11.1. The van der Waals surface area contributed by atoms with E-state index in [1.807, 2.05) is 0 Å². The van der Waals surface area contributed by atoms with Gasteiger partial charge in [0.05, 0.1) is 5.57 Å². The van der Waals surface area contributed by atoms with Crippen molar-refractivity contribution in [2.24, 2.45) is 0 Å². The summed E-state index contributed by atoms with van der Waals surface area (Å²) in [5.41, 5.74) is 0.807. The van der Waals surface area contributed by atoms with Gasteiger partial charge in [0.25, 0.3) is 0 Å². The average molecular weight is 257 g/mol. The fraction of sp³-hybridized carbons (Fsp3) is 0.250. The molecule has 3 nitrogen and oxygen atoms in total. The van der Waals surface area contributed by atoms with Crippen molar-refractivity contribution in [1.29, 1.82) is 0 Å². The van der Waals surface area contributed by atoms with Crippen LogP contribution in [-0.2, 0) is 4.79 Å². The Morgan fingerprint density at radius 1 is 1.39 bits per heavy atom. The topological polar surface area (TPSA) is 49.3 Å². The van der Waals surface area contributed by atoms with E-state index >= 15 is 0 Å². The van der Waals surface area contributed by atoms with Gasteiger partial charge in [-0.05, 0) is 24.6 Å². The number of halogens is 3. The highest BCUT2D eigenvalue weighted by atomic mass is 19.4. The number of aryl methyl sites for hydroxylation is 1. The van der Waals surface area contributed by atoms with Crippen molar-refractivity contribution in [2.75, 3.05) is 5.32 Å². The summed E-state index contributed by atoms with van der Waals surface area (Å²) < 4.78 is 38.3. The lowest BCUT2D eigenvalue weighted by Crippen LogP contribution is -2.42. The minimum atomic E-state index is -4.65. The standard InChI is InChI=1S/C12H10F3NO2/c1-6-3-2-4-9-7(6)5-8(11(17)18)10(16-9)12(13,14)15/h2-5,10,16H,1H3,(H,17,18)/t10-/m0/s1. The summed E-state index contributed by atoms with van der Waals surface area (Å²) in [5.74, 6) is -1.57. The second kappa shape index (κ2) is 4.04. The van der Waals surface area contributed by atoms with E-state index in [0.717, 1.165) is 11.6 Å². The van der Waals surface area contributed by atoms with Gasteiger partial charge in [-0.25, -0.2) is 4.79 Å². The van der Waals surface area contributed by atoms with E-state index in [-0.39, 0.29) is 0 Å². The zero-order valence-corrected chi connectivity index (χ0v) is 9.38. The quantitative estimate of drug-likeness (QED) is 0.813. The van der Waals surface area contributed by atoms with Gasteiger partial charge in [-0.3, -0.25) is 0 Å². The molecule has 1 aliphatic rings. The third-order valence-electron chi connectivity index (χ3n) is 2.81. The first kappa shape index (κ1) is 12.5. The molecule has 0 spiro atoms. The van der Waals surface area contributed by atoms with Crippen LogP contribution in [0.5, 0.6) is 0 Å². The van der Waals surface area contributed by atoms with Crippen LogP contribution in [0.3, 0.4) is 0 Å². The number of carboxylic acid groups (broad SMARTS) is 1. The molecule has 1 aromatic carbocycles. The summed E-state index contributed by atoms with van der Waals surface area (Å²) in [6.45, 7) is 1.71. The van der Waals surface area contributed by atoms with Crippen molar-refractivity contribution in [3.63, 3.8) is 0 Å². The molecular weight excluding hydrogens is 247 g/mol. The van der Waals surface area contributed by atoms with E-state index in [0.29, 0.717) is 11.3 Å². The molecule has 0 aliphatic carbocycles. The van der Waals surface area contributed by atoms with Crippen LogP contribution in [0, 0.1) is 6.92 Å². The Kier molecular flexibility index (Phi) is 2.80. The number of rotatable bonds is 1. The second-order valence-corrected chi connectivity index (χ2v) is 4.06. The van der Waals surface area contributed by atoms with E-state index in [2.05, 4.69) is 5.32 Å². The molecule has 1 aromatic rings. The summed E-state index contributed by atoms with van der Waals surface area (Å²) in [7, 11) is 0. The van der Waals surface area contributed by atoms with Crippen molar-refractivity contribution >= 4 is 17.7 Å². The Labute approximate surface area is 101 Å². The van der Waals surface area contributed by atoms with Crippen molar-refractivity contribution in [2.45, 2.75) is 19.1 Å². The summed E-state index contributed by atoms with van der Waals surface area (Å²) >= 11 is 0. The predicted octanol–water partition coefficient (Wildman–Crippen LogP) is 2.82. The van der Waals surface area contributed by atoms with Gasteiger partial charge < -0.3 is 10.4 Å². The lowest BCUT2D eigenvalue weighted by atomic mass is 9.94. The number of alkyl halides is 3. The van der Waals surface area contributed by atoms with Gasteiger partial charge in [-0.1, -0.05) is 12.1 Å². The number of carbonyl (C=O) groups is 1. The lowest BCUT2D eigenvalue weighted by Gasteiger charge is -2.28. The normalized spacial score (nSPS) is 18.7. The van der Waals surface area contributed by atoms with Gasteiger partial charge in [0.2, 0.25) is 0 Å². The number of fused-ring (bicyclic) bond motifs is 1. The number of aliphatic carboxylic acids is 1. The predicted molar refractivity (Wildman–Crippen MR) is 60.3 cm³/mol. The first-order valence-electron chi connectivity index (χ1n) is 5.18. The molecule has 1 heterocycles. The fourth-order valence-corrected chi connectivity index (χ4v) is 1.91. The zero-order chi connectivity index (χ0) is 13.5. The summed E-state index contributed by atoms with van der Waals surface area (Å²) in [6.07, 6.45) is -3.56. The fourth-order valence-electron chi connectivity index (χ4n) is 1.91. The van der Waals surface area contributed by atoms with Gasteiger partial charge in [0.15, 0.2) is 6.04 Å². The number of hydrogen-bond donors (Lipinski definition) is 2. The molecule has 1 atom stereocenters. The van der Waals surface area contributed by atoms with Crippen LogP contribution in [0.4, 0.5) is 18.9 Å². The molecule has 0 unspecified atom stereocenters. The molecule has 1 aliphatic heterocycles. The molecule has 18 heavy (non-hydrogen) atoms. The molecule has 0 saturated carbocycles. The third-order valence-corrected chi connectivity index (χ3v) is 2.81. The Balaban J connectivity index is 2.57. The van der Waals surface area contributed by atoms with E-state index in [4.69, 9.17) is 5.11 Å². The maximum atomic E-state index is 12.8. The van der Waals surface area contributed by atoms with Crippen LogP contribution in [0.1, 0.15) is 11.1 Å². The number of nitrogens with one attached hydrogen (secondary N) is 1. The van der Waals surface area contributed by atoms with E-state index < -0.39 is 23.8 Å². The second-order valence-electron chi connectivity index (χ2n) is 4.06. The number of anilines is 1. The lowest BCUT2D eigenvalue weighted by molar-refractivity contribution is -0.146. The molecule has 2 rings (SSSR count). The molecule has 0 saturated heterocycles. The number of benzene rings is 1. The van der Waals surface area contributed by atoms with E-state index in [1.165, 1.54) is 6.07 Å². The smallest absolute Gasteiger partial charge is 0.413 e. The summed E-state index contributed by atoms with van der Waals surface area (Å²) in [4.78, 5) is 10.9. The SMILES string of the molecule is Cc1cccc2c1C=C(C(=O)O)[C@@H](C(F)(F)F)N2. The number of hydrogen-bond acceptors (Lipinski definition) is 2. The maximum absolute atomic E-state index is 12.8. The minimum absolute atomic E-state index is 0.294. The largest absolute Gasteiger partial charge is 0.478 e. The minimum Gasteiger partial charge on any atom is -0.478 e. The first-order chi connectivity index (χ1) is 8.30. The average Bonchev–Trinajstić information content (AvgIpc) is 2.26. The van der Waals surface area contributed by atoms with Crippen molar-refractivity contribution in [3.8, 4) is 0 Å². The first-order valence-corrected chi connectivity index (χ1v) is 5.18. The van der Waals surface area contributed by atoms with Gasteiger partial charge in [-0.15, -0.1) is 0 Å². The highest BCUT2D eigenvalue weighted by molar-refractivity contribution is 5.97. The third kappa shape index (κ3) is 2.05. The van der Waals surface area contributed by atoms with Crippen molar-refractivity contribution < 1.29 is 23.1 Å². The Morgan fingerprint density at radius 2 is 2.06 bits per heavy atom. The Bertz CT molecular complexity index is 535. The van der Waals surface area contributed by atoms with Crippen LogP contribution < -0.4 is 5.32 Å². The van der Waals surface area contributed by atoms with Gasteiger partial charge in [0, 0.05) is 11.3 Å². The van der Waals surface area contributed by atoms with E-state index in [1.54, 1.807) is 19.1 Å². The van der Waals surface area contributed by atoms with Crippen molar-refractivity contribution in [1.82, 2.24) is 0 Å². The molecule has 6 heteroatoms.